The molecule has 0 N–H and O–H groups in total. The van der Waals surface area contributed by atoms with Crippen molar-refractivity contribution in [1.29, 1.82) is 0 Å². The van der Waals surface area contributed by atoms with Gasteiger partial charge in [-0.1, -0.05) is 6.07 Å². The molecule has 0 fully saturated rings. The van der Waals surface area contributed by atoms with Gasteiger partial charge in [0.05, 0.1) is 0 Å². The second-order valence-electron chi connectivity index (χ2n) is 3.79. The third-order valence-electron chi connectivity index (χ3n) is 2.03. The van der Waals surface area contributed by atoms with Gasteiger partial charge in [-0.2, -0.15) is 0 Å². The zero-order chi connectivity index (χ0) is 8.77. The van der Waals surface area contributed by atoms with Crippen LogP contribution in [-0.4, -0.2) is 5.60 Å². The van der Waals surface area contributed by atoms with E-state index in [0.717, 1.165) is 12.2 Å². The van der Waals surface area contributed by atoms with Gasteiger partial charge < -0.3 is 4.74 Å². The van der Waals surface area contributed by atoms with Crippen molar-refractivity contribution in [2.24, 2.45) is 0 Å². The van der Waals surface area contributed by atoms with E-state index >= 15 is 0 Å². The van der Waals surface area contributed by atoms with Crippen molar-refractivity contribution < 1.29 is 4.74 Å². The highest BCUT2D eigenvalue weighted by atomic mass is 127. The molecular formula is C10H11IO. The molecule has 1 aromatic carbocycles. The second-order valence-corrected chi connectivity index (χ2v) is 5.04. The fourth-order valence-corrected chi connectivity index (χ4v) is 2.02. The van der Waals surface area contributed by atoms with E-state index in [4.69, 9.17) is 4.74 Å². The van der Waals surface area contributed by atoms with E-state index in [0.29, 0.717) is 0 Å². The van der Waals surface area contributed by atoms with Crippen LogP contribution in [0.25, 0.3) is 0 Å². The molecule has 2 heteroatoms. The van der Waals surface area contributed by atoms with Gasteiger partial charge in [-0.3, -0.25) is 0 Å². The molecule has 0 amide bonds. The Morgan fingerprint density at radius 3 is 2.92 bits per heavy atom. The molecule has 64 valence electrons. The van der Waals surface area contributed by atoms with E-state index in [2.05, 4.69) is 54.6 Å². The van der Waals surface area contributed by atoms with Crippen LogP contribution in [0.15, 0.2) is 18.2 Å². The molecule has 1 aromatic rings. The van der Waals surface area contributed by atoms with Gasteiger partial charge in [0.1, 0.15) is 11.4 Å². The van der Waals surface area contributed by atoms with Crippen molar-refractivity contribution in [1.82, 2.24) is 0 Å². The first kappa shape index (κ1) is 8.35. The van der Waals surface area contributed by atoms with Crippen molar-refractivity contribution in [3.8, 4) is 5.75 Å². The molecule has 12 heavy (non-hydrogen) atoms. The zero-order valence-corrected chi connectivity index (χ0v) is 9.38. The van der Waals surface area contributed by atoms with Crippen molar-refractivity contribution in [2.75, 3.05) is 0 Å². The maximum atomic E-state index is 5.77. The molecule has 0 atom stereocenters. The third kappa shape index (κ3) is 1.44. The first-order chi connectivity index (χ1) is 5.57. The Bertz CT molecular complexity index is 318. The van der Waals surface area contributed by atoms with Crippen LogP contribution in [0.1, 0.15) is 19.4 Å². The lowest BCUT2D eigenvalue weighted by Gasteiger charge is -2.16. The van der Waals surface area contributed by atoms with Crippen molar-refractivity contribution in [3.63, 3.8) is 0 Å². The van der Waals surface area contributed by atoms with Crippen LogP contribution in [0, 0.1) is 3.57 Å². The van der Waals surface area contributed by atoms with Gasteiger partial charge in [-0.05, 0) is 54.1 Å². The molecule has 1 heterocycles. The summed E-state index contributed by atoms with van der Waals surface area (Å²) in [6.07, 6.45) is 1.03. The summed E-state index contributed by atoms with van der Waals surface area (Å²) in [4.78, 5) is 0. The van der Waals surface area contributed by atoms with E-state index in [1.54, 1.807) is 0 Å². The molecular weight excluding hydrogens is 263 g/mol. The summed E-state index contributed by atoms with van der Waals surface area (Å²) in [5.74, 6) is 1.06. The Morgan fingerprint density at radius 2 is 2.17 bits per heavy atom. The first-order valence-electron chi connectivity index (χ1n) is 4.04. The predicted molar refractivity (Wildman–Crippen MR) is 57.6 cm³/mol. The highest BCUT2D eigenvalue weighted by molar-refractivity contribution is 14.1. The van der Waals surface area contributed by atoms with Crippen LogP contribution < -0.4 is 4.74 Å². The van der Waals surface area contributed by atoms with Crippen molar-refractivity contribution in [2.45, 2.75) is 25.9 Å². The average molecular weight is 274 g/mol. The summed E-state index contributed by atoms with van der Waals surface area (Å²) in [7, 11) is 0. The summed E-state index contributed by atoms with van der Waals surface area (Å²) in [5.41, 5.74) is 1.33. The number of ether oxygens (including phenoxy) is 1. The average Bonchev–Trinajstić information content (AvgIpc) is 2.21. The number of fused-ring (bicyclic) bond motifs is 1. The molecule has 0 bridgehead atoms. The monoisotopic (exact) mass is 274 g/mol. The van der Waals surface area contributed by atoms with E-state index in [1.165, 1.54) is 9.13 Å². The van der Waals surface area contributed by atoms with Crippen LogP contribution >= 0.6 is 22.6 Å². The summed E-state index contributed by atoms with van der Waals surface area (Å²) >= 11 is 2.31. The van der Waals surface area contributed by atoms with Gasteiger partial charge in [0.15, 0.2) is 0 Å². The minimum atomic E-state index is -0.00718. The Morgan fingerprint density at radius 1 is 1.42 bits per heavy atom. The van der Waals surface area contributed by atoms with E-state index in [1.807, 2.05) is 0 Å². The zero-order valence-electron chi connectivity index (χ0n) is 7.23. The lowest BCUT2D eigenvalue weighted by molar-refractivity contribution is 0.138. The van der Waals surface area contributed by atoms with E-state index in [-0.39, 0.29) is 5.60 Å². The summed E-state index contributed by atoms with van der Waals surface area (Å²) in [6.45, 7) is 4.25. The fraction of sp³-hybridized carbons (Fsp3) is 0.400. The molecule has 1 aliphatic heterocycles. The summed E-state index contributed by atoms with van der Waals surface area (Å²) in [6, 6.07) is 6.39. The first-order valence-corrected chi connectivity index (χ1v) is 5.12. The van der Waals surface area contributed by atoms with Crippen molar-refractivity contribution in [3.05, 3.63) is 27.3 Å². The smallest absolute Gasteiger partial charge is 0.124 e. The topological polar surface area (TPSA) is 9.23 Å². The molecule has 0 unspecified atom stereocenters. The van der Waals surface area contributed by atoms with Gasteiger partial charge in [-0.25, -0.2) is 0 Å². The van der Waals surface area contributed by atoms with Crippen LogP contribution in [0.4, 0.5) is 0 Å². The fourth-order valence-electron chi connectivity index (χ4n) is 1.56. The van der Waals surface area contributed by atoms with Crippen LogP contribution in [-0.2, 0) is 6.42 Å². The normalized spacial score (nSPS) is 18.6. The number of halogens is 1. The minimum Gasteiger partial charge on any atom is -0.487 e. The van der Waals surface area contributed by atoms with Gasteiger partial charge in [0.2, 0.25) is 0 Å². The summed E-state index contributed by atoms with van der Waals surface area (Å²) < 4.78 is 7.01. The molecule has 0 aliphatic carbocycles. The van der Waals surface area contributed by atoms with Crippen molar-refractivity contribution >= 4 is 22.6 Å². The Balaban J connectivity index is 2.43. The third-order valence-corrected chi connectivity index (χ3v) is 2.70. The van der Waals surface area contributed by atoms with E-state index < -0.39 is 0 Å². The number of hydrogen-bond acceptors (Lipinski definition) is 1. The largest absolute Gasteiger partial charge is 0.487 e. The number of benzene rings is 1. The van der Waals surface area contributed by atoms with Gasteiger partial charge in [0.25, 0.3) is 0 Å². The maximum Gasteiger partial charge on any atom is 0.124 e. The van der Waals surface area contributed by atoms with Crippen LogP contribution in [0.3, 0.4) is 0 Å². The Labute approximate surface area is 86.3 Å². The lowest BCUT2D eigenvalue weighted by Crippen LogP contribution is -2.24. The molecule has 1 nitrogen and oxygen atoms in total. The van der Waals surface area contributed by atoms with Crippen LogP contribution in [0.2, 0.25) is 0 Å². The standard InChI is InChI=1S/C10H11IO/c1-10(2)6-7-3-4-8(11)5-9(7)12-10/h3-5H,6H2,1-2H3. The lowest BCUT2D eigenvalue weighted by atomic mass is 10.0. The highest BCUT2D eigenvalue weighted by Gasteiger charge is 2.29. The minimum absolute atomic E-state index is 0.00718. The molecule has 0 saturated heterocycles. The Kier molecular flexibility index (Phi) is 1.82. The Hall–Kier alpha value is -0.250. The quantitative estimate of drug-likeness (QED) is 0.661. The van der Waals surface area contributed by atoms with Gasteiger partial charge in [0, 0.05) is 9.99 Å². The number of hydrogen-bond donors (Lipinski definition) is 0. The van der Waals surface area contributed by atoms with Gasteiger partial charge >= 0.3 is 0 Å². The second kappa shape index (κ2) is 2.62. The molecule has 0 aromatic heterocycles. The van der Waals surface area contributed by atoms with Gasteiger partial charge in [-0.15, -0.1) is 0 Å². The molecule has 2 rings (SSSR count). The molecule has 0 radical (unpaired) electrons. The highest BCUT2D eigenvalue weighted by Crippen LogP contribution is 2.35. The van der Waals surface area contributed by atoms with Crippen LogP contribution in [0.5, 0.6) is 5.75 Å². The maximum absolute atomic E-state index is 5.77. The van der Waals surface area contributed by atoms with E-state index in [9.17, 15) is 0 Å². The number of rotatable bonds is 0. The summed E-state index contributed by atoms with van der Waals surface area (Å²) in [5, 5.41) is 0. The molecule has 0 saturated carbocycles. The molecule has 0 spiro atoms. The predicted octanol–water partition coefficient (Wildman–Crippen LogP) is 3.00. The molecule has 1 aliphatic rings. The SMILES string of the molecule is CC1(C)Cc2ccc(I)cc2O1.